The number of benzene rings is 1. The van der Waals surface area contributed by atoms with Gasteiger partial charge in [-0.25, -0.2) is 0 Å². The van der Waals surface area contributed by atoms with Crippen LogP contribution >= 0.6 is 15.9 Å². The van der Waals surface area contributed by atoms with Gasteiger partial charge in [-0.1, -0.05) is 6.92 Å². The second-order valence-corrected chi connectivity index (χ2v) is 5.39. The van der Waals surface area contributed by atoms with Crippen LogP contribution in [0.25, 0.3) is 0 Å². The molecule has 0 atom stereocenters. The molecular formula is C13H18BrN3O. The van der Waals surface area contributed by atoms with Gasteiger partial charge in [0.1, 0.15) is 0 Å². The molecule has 1 fully saturated rings. The van der Waals surface area contributed by atoms with Crippen LogP contribution in [0.1, 0.15) is 23.7 Å². The number of nitrogens with one attached hydrogen (secondary N) is 1. The molecule has 3 N–H and O–H groups in total. The zero-order valence-corrected chi connectivity index (χ0v) is 12.0. The van der Waals surface area contributed by atoms with E-state index >= 15 is 0 Å². The molecule has 0 bridgehead atoms. The summed E-state index contributed by atoms with van der Waals surface area (Å²) in [4.78, 5) is 13.5. The van der Waals surface area contributed by atoms with E-state index in [1.807, 2.05) is 6.07 Å². The summed E-state index contributed by atoms with van der Waals surface area (Å²) in [6.07, 6.45) is 1.10. The van der Waals surface area contributed by atoms with Gasteiger partial charge >= 0.3 is 0 Å². The third-order valence-electron chi connectivity index (χ3n) is 3.21. The Morgan fingerprint density at radius 3 is 2.72 bits per heavy atom. The topological polar surface area (TPSA) is 58.4 Å². The van der Waals surface area contributed by atoms with Gasteiger partial charge < -0.3 is 16.0 Å². The monoisotopic (exact) mass is 311 g/mol. The van der Waals surface area contributed by atoms with Gasteiger partial charge in [0.2, 0.25) is 5.91 Å². The van der Waals surface area contributed by atoms with Crippen molar-refractivity contribution in [2.24, 2.45) is 5.73 Å². The van der Waals surface area contributed by atoms with Crippen molar-refractivity contribution >= 4 is 27.5 Å². The normalized spacial score (nSPS) is 15.2. The average molecular weight is 312 g/mol. The average Bonchev–Trinajstić information content (AvgIpc) is 2.26. The predicted octanol–water partition coefficient (Wildman–Crippen LogP) is 1.74. The highest BCUT2D eigenvalue weighted by Crippen LogP contribution is 2.29. The SMILES string of the molecule is CCCN(c1ccc(C(N)=O)cc1Br)C1CNC1. The van der Waals surface area contributed by atoms with E-state index in [0.29, 0.717) is 11.6 Å². The highest BCUT2D eigenvalue weighted by atomic mass is 79.9. The van der Waals surface area contributed by atoms with Crippen molar-refractivity contribution in [3.05, 3.63) is 28.2 Å². The summed E-state index contributed by atoms with van der Waals surface area (Å²) in [6, 6.07) is 6.10. The summed E-state index contributed by atoms with van der Waals surface area (Å²) in [7, 11) is 0. The summed E-state index contributed by atoms with van der Waals surface area (Å²) in [6.45, 7) is 5.22. The van der Waals surface area contributed by atoms with E-state index in [0.717, 1.165) is 36.2 Å². The molecular weight excluding hydrogens is 294 g/mol. The van der Waals surface area contributed by atoms with Crippen LogP contribution in [0, 0.1) is 0 Å². The predicted molar refractivity (Wildman–Crippen MR) is 77.0 cm³/mol. The Morgan fingerprint density at radius 2 is 2.28 bits per heavy atom. The zero-order chi connectivity index (χ0) is 13.1. The van der Waals surface area contributed by atoms with Crippen LogP contribution in [0.4, 0.5) is 5.69 Å². The molecule has 5 heteroatoms. The molecule has 1 aliphatic rings. The van der Waals surface area contributed by atoms with Crippen molar-refractivity contribution in [1.82, 2.24) is 5.32 Å². The molecule has 0 aromatic heterocycles. The first-order chi connectivity index (χ1) is 8.63. The quantitative estimate of drug-likeness (QED) is 0.871. The first kappa shape index (κ1) is 13.4. The minimum absolute atomic E-state index is 0.394. The highest BCUT2D eigenvalue weighted by Gasteiger charge is 2.25. The molecule has 1 aromatic rings. The number of hydrogen-bond acceptors (Lipinski definition) is 3. The molecule has 1 amide bonds. The molecule has 18 heavy (non-hydrogen) atoms. The number of halogens is 1. The fourth-order valence-electron chi connectivity index (χ4n) is 2.13. The van der Waals surface area contributed by atoms with E-state index in [4.69, 9.17) is 5.73 Å². The molecule has 0 spiro atoms. The van der Waals surface area contributed by atoms with Crippen LogP contribution in [0.5, 0.6) is 0 Å². The fraction of sp³-hybridized carbons (Fsp3) is 0.462. The molecule has 0 aliphatic carbocycles. The van der Waals surface area contributed by atoms with Crippen LogP contribution in [0.3, 0.4) is 0 Å². The van der Waals surface area contributed by atoms with Gasteiger partial charge in [-0.3, -0.25) is 4.79 Å². The van der Waals surface area contributed by atoms with Crippen molar-refractivity contribution in [2.45, 2.75) is 19.4 Å². The Morgan fingerprint density at radius 1 is 1.56 bits per heavy atom. The Bertz CT molecular complexity index is 446. The second kappa shape index (κ2) is 5.71. The lowest BCUT2D eigenvalue weighted by Crippen LogP contribution is -2.57. The molecule has 0 radical (unpaired) electrons. The smallest absolute Gasteiger partial charge is 0.248 e. The van der Waals surface area contributed by atoms with Crippen LogP contribution in [0.2, 0.25) is 0 Å². The summed E-state index contributed by atoms with van der Waals surface area (Å²) in [5.74, 6) is -0.394. The number of nitrogens with zero attached hydrogens (tertiary/aromatic N) is 1. The molecule has 1 aliphatic heterocycles. The minimum Gasteiger partial charge on any atom is -0.366 e. The largest absolute Gasteiger partial charge is 0.366 e. The van der Waals surface area contributed by atoms with E-state index in [-0.39, 0.29) is 0 Å². The Balaban J connectivity index is 2.26. The number of amides is 1. The van der Waals surface area contributed by atoms with Crippen LogP contribution in [-0.2, 0) is 0 Å². The van der Waals surface area contributed by atoms with E-state index in [1.54, 1.807) is 12.1 Å². The molecule has 1 saturated heterocycles. The summed E-state index contributed by atoms with van der Waals surface area (Å²) >= 11 is 3.54. The van der Waals surface area contributed by atoms with Crippen molar-refractivity contribution in [2.75, 3.05) is 24.5 Å². The van der Waals surface area contributed by atoms with E-state index < -0.39 is 5.91 Å². The van der Waals surface area contributed by atoms with Crippen molar-refractivity contribution in [3.63, 3.8) is 0 Å². The standard InChI is InChI=1S/C13H18BrN3O/c1-2-5-17(10-7-16-8-10)12-4-3-9(13(15)18)6-11(12)14/h3-4,6,10,16H,2,5,7-8H2,1H3,(H2,15,18). The van der Waals surface area contributed by atoms with Gasteiger partial charge in [-0.2, -0.15) is 0 Å². The second-order valence-electron chi connectivity index (χ2n) is 4.54. The van der Waals surface area contributed by atoms with Gasteiger partial charge in [0.15, 0.2) is 0 Å². The van der Waals surface area contributed by atoms with Gasteiger partial charge in [-0.05, 0) is 40.5 Å². The maximum atomic E-state index is 11.1. The molecule has 0 saturated carbocycles. The third kappa shape index (κ3) is 2.67. The van der Waals surface area contributed by atoms with Crippen molar-refractivity contribution in [1.29, 1.82) is 0 Å². The van der Waals surface area contributed by atoms with Crippen LogP contribution < -0.4 is 16.0 Å². The Hall–Kier alpha value is -1.07. The molecule has 1 aromatic carbocycles. The number of rotatable bonds is 5. The summed E-state index contributed by atoms with van der Waals surface area (Å²) in [5, 5.41) is 3.29. The third-order valence-corrected chi connectivity index (χ3v) is 3.84. The first-order valence-corrected chi connectivity index (χ1v) is 6.99. The van der Waals surface area contributed by atoms with Crippen LogP contribution in [0.15, 0.2) is 22.7 Å². The highest BCUT2D eigenvalue weighted by molar-refractivity contribution is 9.10. The maximum Gasteiger partial charge on any atom is 0.248 e. The van der Waals surface area contributed by atoms with E-state index in [2.05, 4.69) is 33.1 Å². The number of primary amides is 1. The van der Waals surface area contributed by atoms with Crippen molar-refractivity contribution in [3.8, 4) is 0 Å². The van der Waals surface area contributed by atoms with Gasteiger partial charge in [0.05, 0.1) is 11.7 Å². The lowest BCUT2D eigenvalue weighted by Gasteiger charge is -2.40. The molecule has 1 heterocycles. The van der Waals surface area contributed by atoms with Crippen LogP contribution in [-0.4, -0.2) is 31.6 Å². The first-order valence-electron chi connectivity index (χ1n) is 6.20. The Labute approximate surface area is 116 Å². The number of carbonyl (C=O) groups is 1. The van der Waals surface area contributed by atoms with Crippen molar-refractivity contribution < 1.29 is 4.79 Å². The van der Waals surface area contributed by atoms with E-state index in [9.17, 15) is 4.79 Å². The maximum absolute atomic E-state index is 11.1. The van der Waals surface area contributed by atoms with Gasteiger partial charge in [0.25, 0.3) is 0 Å². The number of carbonyl (C=O) groups excluding carboxylic acids is 1. The number of hydrogen-bond donors (Lipinski definition) is 2. The molecule has 2 rings (SSSR count). The summed E-state index contributed by atoms with van der Waals surface area (Å²) in [5.41, 5.74) is 6.95. The number of anilines is 1. The van der Waals surface area contributed by atoms with E-state index in [1.165, 1.54) is 0 Å². The van der Waals surface area contributed by atoms with Gasteiger partial charge in [-0.15, -0.1) is 0 Å². The van der Waals surface area contributed by atoms with Gasteiger partial charge in [0, 0.05) is 29.7 Å². The lowest BCUT2D eigenvalue weighted by atomic mass is 10.1. The number of nitrogens with two attached hydrogens (primary N) is 1. The Kier molecular flexibility index (Phi) is 4.24. The minimum atomic E-state index is -0.394. The molecule has 0 unspecified atom stereocenters. The zero-order valence-electron chi connectivity index (χ0n) is 10.4. The molecule has 4 nitrogen and oxygen atoms in total. The fourth-order valence-corrected chi connectivity index (χ4v) is 2.73. The lowest BCUT2D eigenvalue weighted by molar-refractivity contribution is 0.100. The summed E-state index contributed by atoms with van der Waals surface area (Å²) < 4.78 is 0.930. The molecule has 98 valence electrons.